The third-order valence-electron chi connectivity index (χ3n) is 5.15. The normalized spacial score (nSPS) is 14.9. The number of nitrogens with zero attached hydrogens (tertiary/aromatic N) is 5. The second-order valence-corrected chi connectivity index (χ2v) is 9.20. The molecule has 0 aliphatic carbocycles. The zero-order valence-corrected chi connectivity index (χ0v) is 18.2. The smallest absolute Gasteiger partial charge is 0.243 e. The number of hydrogen-bond donors (Lipinski definition) is 1. The summed E-state index contributed by atoms with van der Waals surface area (Å²) in [6, 6.07) is 10.4. The largest absolute Gasteiger partial charge is 0.379 e. The molecule has 1 aliphatic rings. The third kappa shape index (κ3) is 5.18. The number of pyridine rings is 1. The fourth-order valence-corrected chi connectivity index (χ4v) is 4.80. The molecule has 1 fully saturated rings. The number of nitrogens with one attached hydrogen (secondary N) is 1. The Bertz CT molecular complexity index is 1140. The van der Waals surface area contributed by atoms with Gasteiger partial charge in [0.05, 0.1) is 18.1 Å². The minimum absolute atomic E-state index is 0.108. The van der Waals surface area contributed by atoms with Gasteiger partial charge in [0.1, 0.15) is 12.7 Å². The zero-order valence-electron chi connectivity index (χ0n) is 17.4. The number of aromatic nitrogens is 4. The van der Waals surface area contributed by atoms with Crippen molar-refractivity contribution < 1.29 is 17.9 Å². The second-order valence-electron chi connectivity index (χ2n) is 7.26. The highest BCUT2D eigenvalue weighted by molar-refractivity contribution is 7.89. The quantitative estimate of drug-likeness (QED) is 0.536. The van der Waals surface area contributed by atoms with E-state index in [2.05, 4.69) is 20.4 Å². The van der Waals surface area contributed by atoms with Gasteiger partial charge in [-0.1, -0.05) is 18.2 Å². The molecule has 0 spiro atoms. The molecule has 0 saturated carbocycles. The summed E-state index contributed by atoms with van der Waals surface area (Å²) < 4.78 is 33.6. The number of carbonyl (C=O) groups excluding carboxylic acids is 1. The highest BCUT2D eigenvalue weighted by atomic mass is 32.2. The lowest BCUT2D eigenvalue weighted by atomic mass is 10.1. The van der Waals surface area contributed by atoms with Crippen molar-refractivity contribution in [3.63, 3.8) is 0 Å². The molecule has 1 amide bonds. The first-order chi connectivity index (χ1) is 15.5. The van der Waals surface area contributed by atoms with Crippen LogP contribution < -0.4 is 5.32 Å². The lowest BCUT2D eigenvalue weighted by Gasteiger charge is -2.26. The molecule has 0 unspecified atom stereocenters. The number of amides is 1. The molecule has 1 aromatic carbocycles. The van der Waals surface area contributed by atoms with Crippen LogP contribution >= 0.6 is 0 Å². The minimum Gasteiger partial charge on any atom is -0.379 e. The molecule has 4 rings (SSSR count). The van der Waals surface area contributed by atoms with Crippen molar-refractivity contribution in [2.24, 2.45) is 0 Å². The van der Waals surface area contributed by atoms with Crippen LogP contribution in [-0.4, -0.2) is 64.7 Å². The zero-order chi connectivity index (χ0) is 22.4. The number of ether oxygens (including phenoxy) is 1. The molecule has 3 heterocycles. The van der Waals surface area contributed by atoms with Gasteiger partial charge in [-0.05, 0) is 30.2 Å². The molecule has 2 aromatic heterocycles. The predicted molar refractivity (Wildman–Crippen MR) is 115 cm³/mol. The van der Waals surface area contributed by atoms with Crippen LogP contribution in [0.4, 0.5) is 0 Å². The summed E-state index contributed by atoms with van der Waals surface area (Å²) in [6.45, 7) is 1.86. The van der Waals surface area contributed by atoms with Crippen LogP contribution in [0.3, 0.4) is 0 Å². The van der Waals surface area contributed by atoms with Gasteiger partial charge in [-0.15, -0.1) is 0 Å². The van der Waals surface area contributed by atoms with Crippen molar-refractivity contribution in [3.05, 3.63) is 66.4 Å². The van der Waals surface area contributed by atoms with E-state index in [0.29, 0.717) is 45.1 Å². The summed E-state index contributed by atoms with van der Waals surface area (Å²) in [5, 5.41) is 6.98. The predicted octanol–water partition coefficient (Wildman–Crippen LogP) is 0.932. The number of morpholine rings is 1. The van der Waals surface area contributed by atoms with Crippen molar-refractivity contribution in [1.29, 1.82) is 0 Å². The Hall–Kier alpha value is -3.15. The number of aryl methyl sites for hydroxylation is 1. The van der Waals surface area contributed by atoms with Crippen LogP contribution in [-0.2, 0) is 32.5 Å². The molecule has 11 heteroatoms. The molecule has 0 bridgehead atoms. The van der Waals surface area contributed by atoms with Gasteiger partial charge < -0.3 is 10.1 Å². The van der Waals surface area contributed by atoms with E-state index in [1.807, 2.05) is 6.07 Å². The molecule has 0 radical (unpaired) electrons. The SMILES string of the molecule is O=C(CCc1ccc(S(=O)(=O)N2CCOCC2)cc1)NCc1cccnc1-n1cncn1. The topological polar surface area (TPSA) is 119 Å². The van der Waals surface area contributed by atoms with E-state index in [9.17, 15) is 13.2 Å². The fourth-order valence-electron chi connectivity index (χ4n) is 3.40. The molecule has 3 aromatic rings. The summed E-state index contributed by atoms with van der Waals surface area (Å²) >= 11 is 0. The van der Waals surface area contributed by atoms with Crippen LogP contribution in [0, 0.1) is 0 Å². The average Bonchev–Trinajstić information content (AvgIpc) is 3.37. The first kappa shape index (κ1) is 22.1. The van der Waals surface area contributed by atoms with E-state index in [1.165, 1.54) is 10.6 Å². The van der Waals surface area contributed by atoms with Gasteiger partial charge in [0.25, 0.3) is 0 Å². The molecular weight excluding hydrogens is 432 g/mol. The van der Waals surface area contributed by atoms with Gasteiger partial charge in [-0.2, -0.15) is 9.40 Å². The first-order valence-electron chi connectivity index (χ1n) is 10.3. The van der Waals surface area contributed by atoms with Crippen molar-refractivity contribution in [2.45, 2.75) is 24.3 Å². The number of sulfonamides is 1. The Morgan fingerprint density at radius 2 is 1.91 bits per heavy atom. The average molecular weight is 457 g/mol. The molecular formula is C21H24N6O4S. The van der Waals surface area contributed by atoms with Crippen LogP contribution in [0.25, 0.3) is 5.82 Å². The summed E-state index contributed by atoms with van der Waals surface area (Å²) in [5.41, 5.74) is 1.72. The number of hydrogen-bond acceptors (Lipinski definition) is 7. The van der Waals surface area contributed by atoms with Gasteiger partial charge in [-0.3, -0.25) is 4.79 Å². The van der Waals surface area contributed by atoms with E-state index in [1.54, 1.807) is 47.5 Å². The molecule has 168 valence electrons. The maximum atomic E-state index is 12.7. The lowest BCUT2D eigenvalue weighted by molar-refractivity contribution is -0.121. The molecule has 1 N–H and O–H groups in total. The maximum Gasteiger partial charge on any atom is 0.243 e. The molecule has 32 heavy (non-hydrogen) atoms. The van der Waals surface area contributed by atoms with Crippen molar-refractivity contribution in [3.8, 4) is 5.82 Å². The standard InChI is InChI=1S/C21H24N6O4S/c28-20(24-14-18-2-1-9-23-21(18)27-16-22-15-25-27)8-5-17-3-6-19(7-4-17)32(29,30)26-10-12-31-13-11-26/h1-4,6-7,9,15-16H,5,8,10-14H2,(H,24,28). The third-order valence-corrected chi connectivity index (χ3v) is 7.06. The van der Waals surface area contributed by atoms with Gasteiger partial charge in [0, 0.05) is 37.8 Å². The summed E-state index contributed by atoms with van der Waals surface area (Å²) in [7, 11) is -3.52. The molecule has 0 atom stereocenters. The monoisotopic (exact) mass is 456 g/mol. The fraction of sp³-hybridized carbons (Fsp3) is 0.333. The van der Waals surface area contributed by atoms with E-state index in [0.717, 1.165) is 11.1 Å². The van der Waals surface area contributed by atoms with Crippen molar-refractivity contribution >= 4 is 15.9 Å². The van der Waals surface area contributed by atoms with Crippen molar-refractivity contribution in [2.75, 3.05) is 26.3 Å². The Morgan fingerprint density at radius 3 is 2.62 bits per heavy atom. The van der Waals surface area contributed by atoms with Crippen LogP contribution in [0.5, 0.6) is 0 Å². The Balaban J connectivity index is 1.30. The van der Waals surface area contributed by atoms with Gasteiger partial charge >= 0.3 is 0 Å². The van der Waals surface area contributed by atoms with Crippen LogP contribution in [0.2, 0.25) is 0 Å². The second kappa shape index (κ2) is 9.98. The maximum absolute atomic E-state index is 12.7. The van der Waals surface area contributed by atoms with Crippen molar-refractivity contribution in [1.82, 2.24) is 29.4 Å². The Kier molecular flexibility index (Phi) is 6.88. The number of carbonyl (C=O) groups is 1. The van der Waals surface area contributed by atoms with Gasteiger partial charge in [-0.25, -0.2) is 23.1 Å². The molecule has 10 nitrogen and oxygen atoms in total. The Morgan fingerprint density at radius 1 is 1.12 bits per heavy atom. The van der Waals surface area contributed by atoms with Gasteiger partial charge in [0.2, 0.25) is 15.9 Å². The summed E-state index contributed by atoms with van der Waals surface area (Å²) in [4.78, 5) is 20.8. The van der Waals surface area contributed by atoms with Crippen LogP contribution in [0.15, 0.2) is 60.1 Å². The first-order valence-corrected chi connectivity index (χ1v) is 11.7. The highest BCUT2D eigenvalue weighted by Gasteiger charge is 2.26. The van der Waals surface area contributed by atoms with E-state index >= 15 is 0 Å². The molecule has 1 aliphatic heterocycles. The minimum atomic E-state index is -3.52. The summed E-state index contributed by atoms with van der Waals surface area (Å²) in [6.07, 6.45) is 5.43. The summed E-state index contributed by atoms with van der Waals surface area (Å²) in [5.74, 6) is 0.505. The lowest BCUT2D eigenvalue weighted by Crippen LogP contribution is -2.40. The Labute approximate surface area is 186 Å². The van der Waals surface area contributed by atoms with E-state index in [-0.39, 0.29) is 17.2 Å². The molecule has 1 saturated heterocycles. The van der Waals surface area contributed by atoms with E-state index in [4.69, 9.17) is 4.74 Å². The van der Waals surface area contributed by atoms with E-state index < -0.39 is 10.0 Å². The number of rotatable bonds is 8. The van der Waals surface area contributed by atoms with Gasteiger partial charge in [0.15, 0.2) is 5.82 Å². The highest BCUT2D eigenvalue weighted by Crippen LogP contribution is 2.18. The number of benzene rings is 1. The van der Waals surface area contributed by atoms with Crippen LogP contribution in [0.1, 0.15) is 17.5 Å².